The maximum Gasteiger partial charge on any atom is 0.224 e. The number of likely N-dealkylation sites (tertiary alicyclic amines) is 2. The van der Waals surface area contributed by atoms with Gasteiger partial charge in [0.05, 0.1) is 5.92 Å². The molecule has 4 rings (SSSR count). The first kappa shape index (κ1) is 19.9. The van der Waals surface area contributed by atoms with E-state index in [1.54, 1.807) is 0 Å². The van der Waals surface area contributed by atoms with E-state index in [-0.39, 0.29) is 5.92 Å². The lowest BCUT2D eigenvalue weighted by atomic mass is 9.96. The van der Waals surface area contributed by atoms with Gasteiger partial charge in [0.25, 0.3) is 0 Å². The van der Waals surface area contributed by atoms with E-state index in [4.69, 9.17) is 0 Å². The van der Waals surface area contributed by atoms with Crippen LogP contribution in [0.1, 0.15) is 63.4 Å². The Morgan fingerprint density at radius 3 is 2.46 bits per heavy atom. The normalized spacial score (nSPS) is 28.1. The molecule has 3 fully saturated rings. The highest BCUT2D eigenvalue weighted by Gasteiger charge is 2.32. The van der Waals surface area contributed by atoms with E-state index in [0.29, 0.717) is 11.9 Å². The van der Waals surface area contributed by atoms with Crippen LogP contribution in [0.4, 0.5) is 0 Å². The van der Waals surface area contributed by atoms with Crippen LogP contribution < -0.4 is 5.32 Å². The van der Waals surface area contributed by atoms with Crippen molar-refractivity contribution in [2.75, 3.05) is 26.2 Å². The second-order valence-electron chi connectivity index (χ2n) is 9.19. The molecule has 0 radical (unpaired) electrons. The summed E-state index contributed by atoms with van der Waals surface area (Å²) in [5, 5.41) is 3.41. The summed E-state index contributed by atoms with van der Waals surface area (Å²) < 4.78 is 0. The lowest BCUT2D eigenvalue weighted by Crippen LogP contribution is -2.46. The first-order valence-electron chi connectivity index (χ1n) is 11.6. The van der Waals surface area contributed by atoms with Crippen LogP contribution in [0.3, 0.4) is 0 Å². The van der Waals surface area contributed by atoms with Crippen molar-refractivity contribution in [1.29, 1.82) is 0 Å². The zero-order valence-electron chi connectivity index (χ0n) is 17.3. The molecule has 1 aromatic carbocycles. The van der Waals surface area contributed by atoms with Gasteiger partial charge in [-0.15, -0.1) is 0 Å². The van der Waals surface area contributed by atoms with Gasteiger partial charge >= 0.3 is 0 Å². The molecule has 154 valence electrons. The summed E-state index contributed by atoms with van der Waals surface area (Å²) in [5.74, 6) is 0.454. The second kappa shape index (κ2) is 9.89. The number of piperidine rings is 1. The zero-order valence-corrected chi connectivity index (χ0v) is 17.3. The third-order valence-electron chi connectivity index (χ3n) is 7.03. The van der Waals surface area contributed by atoms with Crippen molar-refractivity contribution in [2.45, 2.75) is 76.4 Å². The molecule has 1 amide bonds. The summed E-state index contributed by atoms with van der Waals surface area (Å²) in [6.07, 6.45) is 11.6. The summed E-state index contributed by atoms with van der Waals surface area (Å²) in [6, 6.07) is 11.8. The van der Waals surface area contributed by atoms with Crippen LogP contribution >= 0.6 is 0 Å². The third kappa shape index (κ3) is 5.36. The molecule has 2 unspecified atom stereocenters. The SMILES string of the molecule is O=C(NC1CCN(C2CCCCCC2)C1)C1CCCN(Cc2ccccc2)C1. The van der Waals surface area contributed by atoms with E-state index in [9.17, 15) is 4.79 Å². The van der Waals surface area contributed by atoms with Crippen molar-refractivity contribution in [3.8, 4) is 0 Å². The first-order valence-corrected chi connectivity index (χ1v) is 11.6. The minimum atomic E-state index is 0.157. The smallest absolute Gasteiger partial charge is 0.224 e. The van der Waals surface area contributed by atoms with E-state index in [2.05, 4.69) is 45.4 Å². The van der Waals surface area contributed by atoms with Crippen molar-refractivity contribution in [1.82, 2.24) is 15.1 Å². The Kier molecular flexibility index (Phi) is 7.03. The van der Waals surface area contributed by atoms with Crippen LogP contribution in [0.15, 0.2) is 30.3 Å². The third-order valence-corrected chi connectivity index (χ3v) is 7.03. The van der Waals surface area contributed by atoms with Crippen LogP contribution in [0.2, 0.25) is 0 Å². The van der Waals surface area contributed by atoms with E-state index in [0.717, 1.165) is 51.5 Å². The largest absolute Gasteiger partial charge is 0.352 e. The minimum Gasteiger partial charge on any atom is -0.352 e. The highest BCUT2D eigenvalue weighted by molar-refractivity contribution is 5.79. The Morgan fingerprint density at radius 2 is 1.68 bits per heavy atom. The summed E-state index contributed by atoms with van der Waals surface area (Å²) in [5.41, 5.74) is 1.35. The van der Waals surface area contributed by atoms with Gasteiger partial charge in [-0.3, -0.25) is 14.6 Å². The highest BCUT2D eigenvalue weighted by atomic mass is 16.2. The second-order valence-corrected chi connectivity index (χ2v) is 9.19. The Balaban J connectivity index is 1.24. The molecule has 2 saturated heterocycles. The van der Waals surface area contributed by atoms with E-state index >= 15 is 0 Å². The number of hydrogen-bond acceptors (Lipinski definition) is 3. The molecule has 2 aliphatic heterocycles. The molecule has 1 saturated carbocycles. The molecular formula is C24H37N3O. The molecule has 4 heteroatoms. The molecule has 1 N–H and O–H groups in total. The monoisotopic (exact) mass is 383 g/mol. The molecule has 0 bridgehead atoms. The van der Waals surface area contributed by atoms with Crippen molar-refractivity contribution >= 4 is 5.91 Å². The van der Waals surface area contributed by atoms with Gasteiger partial charge in [-0.2, -0.15) is 0 Å². The van der Waals surface area contributed by atoms with Gasteiger partial charge in [0.2, 0.25) is 5.91 Å². The molecular weight excluding hydrogens is 346 g/mol. The molecule has 0 spiro atoms. The number of amides is 1. The maximum absolute atomic E-state index is 12.9. The van der Waals surface area contributed by atoms with Crippen molar-refractivity contribution in [3.05, 3.63) is 35.9 Å². The predicted octanol–water partition coefficient (Wildman–Crippen LogP) is 3.81. The Labute approximate surface area is 170 Å². The number of carbonyl (C=O) groups is 1. The van der Waals surface area contributed by atoms with Crippen molar-refractivity contribution < 1.29 is 4.79 Å². The van der Waals surface area contributed by atoms with Crippen LogP contribution in [-0.4, -0.2) is 54.0 Å². The van der Waals surface area contributed by atoms with Crippen LogP contribution in [0.5, 0.6) is 0 Å². The molecule has 1 aliphatic carbocycles. The number of rotatable bonds is 5. The zero-order chi connectivity index (χ0) is 19.2. The quantitative estimate of drug-likeness (QED) is 0.786. The maximum atomic E-state index is 12.9. The van der Waals surface area contributed by atoms with Crippen LogP contribution in [0, 0.1) is 5.92 Å². The molecule has 2 atom stereocenters. The average molecular weight is 384 g/mol. The van der Waals surface area contributed by atoms with Gasteiger partial charge in [-0.1, -0.05) is 56.0 Å². The summed E-state index contributed by atoms with van der Waals surface area (Å²) in [4.78, 5) is 18.1. The lowest BCUT2D eigenvalue weighted by molar-refractivity contribution is -0.127. The molecule has 28 heavy (non-hydrogen) atoms. The molecule has 3 aliphatic rings. The van der Waals surface area contributed by atoms with Crippen molar-refractivity contribution in [2.24, 2.45) is 5.92 Å². The lowest BCUT2D eigenvalue weighted by Gasteiger charge is -2.32. The van der Waals surface area contributed by atoms with E-state index in [1.165, 1.54) is 50.6 Å². The minimum absolute atomic E-state index is 0.157. The summed E-state index contributed by atoms with van der Waals surface area (Å²) in [7, 11) is 0. The predicted molar refractivity (Wildman–Crippen MR) is 114 cm³/mol. The van der Waals surface area contributed by atoms with Gasteiger partial charge in [0.15, 0.2) is 0 Å². The first-order chi connectivity index (χ1) is 13.8. The van der Waals surface area contributed by atoms with Gasteiger partial charge in [0.1, 0.15) is 0 Å². The Morgan fingerprint density at radius 1 is 0.893 bits per heavy atom. The van der Waals surface area contributed by atoms with Crippen LogP contribution in [0.25, 0.3) is 0 Å². The molecule has 0 aromatic heterocycles. The number of nitrogens with zero attached hydrogens (tertiary/aromatic N) is 2. The molecule has 1 aromatic rings. The Hall–Kier alpha value is -1.39. The Bertz CT molecular complexity index is 612. The average Bonchev–Trinajstić information content (AvgIpc) is 3.01. The molecule has 4 nitrogen and oxygen atoms in total. The topological polar surface area (TPSA) is 35.6 Å². The van der Waals surface area contributed by atoms with Gasteiger partial charge in [-0.25, -0.2) is 0 Å². The fraction of sp³-hybridized carbons (Fsp3) is 0.708. The number of benzene rings is 1. The van der Waals surface area contributed by atoms with Crippen molar-refractivity contribution in [3.63, 3.8) is 0 Å². The van der Waals surface area contributed by atoms with Crippen LogP contribution in [-0.2, 0) is 11.3 Å². The van der Waals surface area contributed by atoms with E-state index < -0.39 is 0 Å². The highest BCUT2D eigenvalue weighted by Crippen LogP contribution is 2.25. The van der Waals surface area contributed by atoms with Gasteiger partial charge in [0, 0.05) is 38.3 Å². The molecule has 2 heterocycles. The summed E-state index contributed by atoms with van der Waals surface area (Å²) >= 11 is 0. The number of nitrogens with one attached hydrogen (secondary N) is 1. The van der Waals surface area contributed by atoms with E-state index in [1.807, 2.05) is 0 Å². The van der Waals surface area contributed by atoms with Gasteiger partial charge < -0.3 is 5.32 Å². The summed E-state index contributed by atoms with van der Waals surface area (Å²) in [6.45, 7) is 5.21. The van der Waals surface area contributed by atoms with Gasteiger partial charge in [-0.05, 0) is 44.2 Å². The number of hydrogen-bond donors (Lipinski definition) is 1. The fourth-order valence-corrected chi connectivity index (χ4v) is 5.43. The standard InChI is InChI=1S/C24H37N3O/c28-24(21-11-8-15-26(18-21)17-20-9-4-3-5-10-20)25-22-14-16-27(19-22)23-12-6-1-2-7-13-23/h3-5,9-10,21-23H,1-2,6-8,11-19H2,(H,25,28). The number of carbonyl (C=O) groups excluding carboxylic acids is 1. The fourth-order valence-electron chi connectivity index (χ4n) is 5.43.